The SMILES string of the molecule is CCc1ccc(CC(O)c2ccc(OC)c(F)c2)s1. The minimum Gasteiger partial charge on any atom is -0.494 e. The summed E-state index contributed by atoms with van der Waals surface area (Å²) in [5, 5.41) is 10.1. The molecule has 0 aliphatic rings. The fourth-order valence-electron chi connectivity index (χ4n) is 1.92. The van der Waals surface area contributed by atoms with Gasteiger partial charge in [-0.25, -0.2) is 4.39 Å². The lowest BCUT2D eigenvalue weighted by Crippen LogP contribution is -2.01. The average Bonchev–Trinajstić information content (AvgIpc) is 2.86. The Hall–Kier alpha value is -1.39. The molecule has 1 unspecified atom stereocenters. The molecule has 1 atom stereocenters. The van der Waals surface area contributed by atoms with Crippen LogP contribution in [0, 0.1) is 5.82 Å². The Morgan fingerprint density at radius 3 is 2.58 bits per heavy atom. The van der Waals surface area contributed by atoms with E-state index in [2.05, 4.69) is 13.0 Å². The minimum absolute atomic E-state index is 0.195. The molecule has 2 rings (SSSR count). The molecule has 0 saturated heterocycles. The molecule has 0 aliphatic heterocycles. The Kier molecular flexibility index (Phi) is 4.56. The van der Waals surface area contributed by atoms with E-state index in [4.69, 9.17) is 4.74 Å². The summed E-state index contributed by atoms with van der Waals surface area (Å²) in [6.45, 7) is 2.10. The van der Waals surface area contributed by atoms with Crippen molar-refractivity contribution in [3.63, 3.8) is 0 Å². The smallest absolute Gasteiger partial charge is 0.165 e. The van der Waals surface area contributed by atoms with Gasteiger partial charge in [-0.2, -0.15) is 0 Å². The predicted octanol–water partition coefficient (Wildman–Crippen LogP) is 3.73. The summed E-state index contributed by atoms with van der Waals surface area (Å²) in [5.74, 6) is -0.250. The van der Waals surface area contributed by atoms with Crippen molar-refractivity contribution in [2.24, 2.45) is 0 Å². The van der Waals surface area contributed by atoms with Gasteiger partial charge in [0.25, 0.3) is 0 Å². The maximum absolute atomic E-state index is 13.6. The van der Waals surface area contributed by atoms with Crippen LogP contribution < -0.4 is 4.74 Å². The van der Waals surface area contributed by atoms with Crippen molar-refractivity contribution in [3.05, 3.63) is 51.5 Å². The van der Waals surface area contributed by atoms with Crippen molar-refractivity contribution in [1.29, 1.82) is 0 Å². The Morgan fingerprint density at radius 2 is 2.00 bits per heavy atom. The quantitative estimate of drug-likeness (QED) is 0.904. The number of thiophene rings is 1. The molecule has 0 spiro atoms. The molecule has 0 bridgehead atoms. The number of halogens is 1. The molecule has 0 amide bonds. The second kappa shape index (κ2) is 6.17. The molecule has 1 N–H and O–H groups in total. The zero-order valence-corrected chi connectivity index (χ0v) is 11.8. The van der Waals surface area contributed by atoms with Crippen molar-refractivity contribution >= 4 is 11.3 Å². The summed E-state index contributed by atoms with van der Waals surface area (Å²) in [5.41, 5.74) is 0.574. The molecule has 2 nitrogen and oxygen atoms in total. The van der Waals surface area contributed by atoms with Crippen LogP contribution >= 0.6 is 11.3 Å². The zero-order valence-electron chi connectivity index (χ0n) is 11.0. The number of ether oxygens (including phenoxy) is 1. The molecule has 2 aromatic rings. The zero-order chi connectivity index (χ0) is 13.8. The summed E-state index contributed by atoms with van der Waals surface area (Å²) in [7, 11) is 1.42. The van der Waals surface area contributed by atoms with Crippen LogP contribution in [0.1, 0.15) is 28.3 Å². The Balaban J connectivity index is 2.10. The third kappa shape index (κ3) is 3.33. The molecule has 0 fully saturated rings. The maximum atomic E-state index is 13.6. The fraction of sp³-hybridized carbons (Fsp3) is 0.333. The number of rotatable bonds is 5. The standard InChI is InChI=1S/C15H17FO2S/c1-3-11-5-6-12(19-11)9-14(17)10-4-7-15(18-2)13(16)8-10/h4-8,14,17H,3,9H2,1-2H3. The molecular weight excluding hydrogens is 263 g/mol. The molecule has 1 aromatic heterocycles. The first-order chi connectivity index (χ1) is 9.13. The average molecular weight is 280 g/mol. The number of hydrogen-bond donors (Lipinski definition) is 1. The highest BCUT2D eigenvalue weighted by atomic mass is 32.1. The van der Waals surface area contributed by atoms with Crippen LogP contribution in [0.5, 0.6) is 5.75 Å². The number of benzene rings is 1. The first-order valence-electron chi connectivity index (χ1n) is 6.23. The topological polar surface area (TPSA) is 29.5 Å². The highest BCUT2D eigenvalue weighted by Crippen LogP contribution is 2.26. The van der Waals surface area contributed by atoms with E-state index >= 15 is 0 Å². The maximum Gasteiger partial charge on any atom is 0.165 e. The summed E-state index contributed by atoms with van der Waals surface area (Å²) in [6.07, 6.45) is 0.817. The van der Waals surface area contributed by atoms with E-state index < -0.39 is 11.9 Å². The van der Waals surface area contributed by atoms with Crippen molar-refractivity contribution < 1.29 is 14.2 Å². The van der Waals surface area contributed by atoms with Crippen molar-refractivity contribution in [2.45, 2.75) is 25.9 Å². The molecule has 4 heteroatoms. The van der Waals surface area contributed by atoms with Crippen LogP contribution in [0.15, 0.2) is 30.3 Å². The third-order valence-electron chi connectivity index (χ3n) is 3.02. The monoisotopic (exact) mass is 280 g/mol. The van der Waals surface area contributed by atoms with Gasteiger partial charge in [-0.05, 0) is 36.2 Å². The summed E-state index contributed by atoms with van der Waals surface area (Å²) >= 11 is 1.69. The first kappa shape index (κ1) is 14.0. The van der Waals surface area contributed by atoms with Crippen molar-refractivity contribution in [3.8, 4) is 5.75 Å². The highest BCUT2D eigenvalue weighted by Gasteiger charge is 2.13. The predicted molar refractivity (Wildman–Crippen MR) is 75.3 cm³/mol. The largest absolute Gasteiger partial charge is 0.494 e. The number of hydrogen-bond acceptors (Lipinski definition) is 3. The third-order valence-corrected chi connectivity index (χ3v) is 4.27. The van der Waals surface area contributed by atoms with E-state index in [0.29, 0.717) is 12.0 Å². The lowest BCUT2D eigenvalue weighted by Gasteiger charge is -2.11. The second-order valence-corrected chi connectivity index (χ2v) is 5.59. The fourth-order valence-corrected chi connectivity index (χ4v) is 2.91. The minimum atomic E-state index is -0.691. The highest BCUT2D eigenvalue weighted by molar-refractivity contribution is 7.11. The summed E-state index contributed by atoms with van der Waals surface area (Å²) in [4.78, 5) is 2.41. The Labute approximate surface area is 116 Å². The van der Waals surface area contributed by atoms with Gasteiger partial charge in [-0.1, -0.05) is 13.0 Å². The van der Waals surface area contributed by atoms with E-state index in [1.807, 2.05) is 6.07 Å². The normalized spacial score (nSPS) is 12.4. The summed E-state index contributed by atoms with van der Waals surface area (Å²) < 4.78 is 18.4. The number of aryl methyl sites for hydroxylation is 1. The van der Waals surface area contributed by atoms with Crippen LogP contribution in [0.4, 0.5) is 4.39 Å². The number of aliphatic hydroxyl groups is 1. The van der Waals surface area contributed by atoms with Crippen LogP contribution in [-0.4, -0.2) is 12.2 Å². The second-order valence-electron chi connectivity index (χ2n) is 4.34. The van der Waals surface area contributed by atoms with Gasteiger partial charge in [0.05, 0.1) is 13.2 Å². The lowest BCUT2D eigenvalue weighted by molar-refractivity contribution is 0.179. The molecule has 1 aromatic carbocycles. The van der Waals surface area contributed by atoms with Gasteiger partial charge in [0.2, 0.25) is 0 Å². The van der Waals surface area contributed by atoms with E-state index in [-0.39, 0.29) is 5.75 Å². The number of aliphatic hydroxyl groups excluding tert-OH is 1. The van der Waals surface area contributed by atoms with Gasteiger partial charge in [0.15, 0.2) is 11.6 Å². The van der Waals surface area contributed by atoms with Gasteiger partial charge >= 0.3 is 0 Å². The molecule has 0 radical (unpaired) electrons. The van der Waals surface area contributed by atoms with Crippen LogP contribution in [0.3, 0.4) is 0 Å². The van der Waals surface area contributed by atoms with Gasteiger partial charge in [-0.15, -0.1) is 11.3 Å². The molecule has 1 heterocycles. The molecule has 0 aliphatic carbocycles. The van der Waals surface area contributed by atoms with E-state index in [9.17, 15) is 9.50 Å². The molecule has 102 valence electrons. The van der Waals surface area contributed by atoms with Crippen LogP contribution in [0.2, 0.25) is 0 Å². The van der Waals surface area contributed by atoms with Gasteiger partial charge in [-0.3, -0.25) is 0 Å². The van der Waals surface area contributed by atoms with Crippen LogP contribution in [0.25, 0.3) is 0 Å². The van der Waals surface area contributed by atoms with E-state index in [0.717, 1.165) is 11.3 Å². The van der Waals surface area contributed by atoms with E-state index in [1.54, 1.807) is 23.5 Å². The lowest BCUT2D eigenvalue weighted by atomic mass is 10.1. The van der Waals surface area contributed by atoms with Crippen molar-refractivity contribution in [1.82, 2.24) is 0 Å². The Bertz CT molecular complexity index is 551. The Morgan fingerprint density at radius 1 is 1.26 bits per heavy atom. The van der Waals surface area contributed by atoms with Gasteiger partial charge in [0.1, 0.15) is 0 Å². The van der Waals surface area contributed by atoms with Gasteiger partial charge < -0.3 is 9.84 Å². The van der Waals surface area contributed by atoms with Crippen molar-refractivity contribution in [2.75, 3.05) is 7.11 Å². The molecule has 19 heavy (non-hydrogen) atoms. The first-order valence-corrected chi connectivity index (χ1v) is 7.04. The summed E-state index contributed by atoms with van der Waals surface area (Å²) in [6, 6.07) is 8.66. The van der Waals surface area contributed by atoms with Crippen LogP contribution in [-0.2, 0) is 12.8 Å². The molecule has 0 saturated carbocycles. The van der Waals surface area contributed by atoms with Gasteiger partial charge in [0, 0.05) is 16.2 Å². The van der Waals surface area contributed by atoms with E-state index in [1.165, 1.54) is 18.1 Å². The number of methoxy groups -OCH3 is 1. The molecular formula is C15H17FO2S.